The van der Waals surface area contributed by atoms with E-state index in [9.17, 15) is 18.0 Å². The summed E-state index contributed by atoms with van der Waals surface area (Å²) >= 11 is 0. The minimum absolute atomic E-state index is 0. The maximum absolute atomic E-state index is 11.8. The molecule has 0 aromatic rings. The predicted molar refractivity (Wildman–Crippen MR) is 146 cm³/mol. The van der Waals surface area contributed by atoms with Gasteiger partial charge >= 0.3 is 12.2 Å². The Balaban J connectivity index is 0. The third kappa shape index (κ3) is 20.2. The van der Waals surface area contributed by atoms with Gasteiger partial charge in [0.05, 0.1) is 12.4 Å². The molecule has 0 bridgehead atoms. The molecule has 3 rings (SSSR count). The fraction of sp³-hybridized carbons (Fsp3) is 0.840. The van der Waals surface area contributed by atoms with Crippen LogP contribution in [0.15, 0.2) is 12.2 Å². The second-order valence-corrected chi connectivity index (χ2v) is 12.6. The van der Waals surface area contributed by atoms with Gasteiger partial charge in [0, 0.05) is 78.9 Å². The summed E-state index contributed by atoms with van der Waals surface area (Å²) in [4.78, 5) is 26.5. The minimum atomic E-state index is -3.42. The minimum Gasteiger partial charge on any atom is -0.444 e. The quantitative estimate of drug-likeness (QED) is 0.237. The summed E-state index contributed by atoms with van der Waals surface area (Å²) in [5.74, 6) is 0. The molecule has 218 valence electrons. The van der Waals surface area contributed by atoms with E-state index >= 15 is 0 Å². The first-order valence-corrected chi connectivity index (χ1v) is 14.4. The van der Waals surface area contributed by atoms with Crippen LogP contribution in [0.5, 0.6) is 0 Å². The molecule has 2 radical (unpaired) electrons. The van der Waals surface area contributed by atoms with Crippen LogP contribution in [-0.4, -0.2) is 103 Å². The zero-order valence-corrected chi connectivity index (χ0v) is 29.1. The third-order valence-corrected chi connectivity index (χ3v) is 5.56. The first-order valence-electron chi connectivity index (χ1n) is 13.2. The van der Waals surface area contributed by atoms with Gasteiger partial charge in [-0.2, -0.15) is 8.42 Å². The summed E-state index contributed by atoms with van der Waals surface area (Å²) in [6.45, 7) is 15.4. The first-order chi connectivity index (χ1) is 17.6. The number of amides is 2. The Kier molecular flexibility index (Phi) is 18.2. The Labute approximate surface area is 256 Å². The molecule has 3 aliphatic rings. The number of rotatable bonds is 2. The van der Waals surface area contributed by atoms with Crippen molar-refractivity contribution in [3.8, 4) is 0 Å². The van der Waals surface area contributed by atoms with Crippen molar-refractivity contribution >= 4 is 30.7 Å². The van der Waals surface area contributed by atoms with Crippen molar-refractivity contribution < 1.29 is 67.5 Å². The molecule has 0 unspecified atom stereocenters. The van der Waals surface area contributed by atoms with Gasteiger partial charge in [-0.1, -0.05) is 12.2 Å². The van der Waals surface area contributed by atoms with Crippen molar-refractivity contribution in [1.82, 2.24) is 9.80 Å². The zero-order chi connectivity index (χ0) is 29.4. The monoisotopic (exact) mass is 785 g/mol. The summed E-state index contributed by atoms with van der Waals surface area (Å²) in [7, 11) is 0.325. The van der Waals surface area contributed by atoms with Crippen LogP contribution in [0.4, 0.5) is 9.59 Å². The summed E-state index contributed by atoms with van der Waals surface area (Å²) in [5.41, 5.74) is -0.907. The molecule has 13 heteroatoms. The molecule has 2 saturated heterocycles. The normalized spacial score (nSPS) is 18.1. The second kappa shape index (κ2) is 18.6. The topological polar surface area (TPSA) is 112 Å². The molecular formula is C25H47BN2O8SU. The van der Waals surface area contributed by atoms with Crippen LogP contribution in [0.25, 0.3) is 0 Å². The van der Waals surface area contributed by atoms with Gasteiger partial charge in [-0.05, 0) is 75.0 Å². The summed E-state index contributed by atoms with van der Waals surface area (Å²) in [5, 5.41) is 0. The molecular weight excluding hydrogens is 737 g/mol. The van der Waals surface area contributed by atoms with Crippen LogP contribution < -0.4 is 0 Å². The maximum atomic E-state index is 11.8. The van der Waals surface area contributed by atoms with E-state index in [-0.39, 0.29) is 49.4 Å². The van der Waals surface area contributed by atoms with Crippen molar-refractivity contribution in [2.75, 3.05) is 45.6 Å². The summed E-state index contributed by atoms with van der Waals surface area (Å²) in [6.07, 6.45) is 8.70. The Bertz CT molecular complexity index is 815. The summed E-state index contributed by atoms with van der Waals surface area (Å²) in [6, 6.07) is 0. The molecule has 0 aliphatic carbocycles. The van der Waals surface area contributed by atoms with Gasteiger partial charge in [0.15, 0.2) is 0 Å². The number of ether oxygens (including phenoxy) is 3. The molecule has 3 aliphatic heterocycles. The number of carbonyl (C=O) groups excluding carboxylic acids is 2. The molecule has 0 aromatic carbocycles. The van der Waals surface area contributed by atoms with Crippen LogP contribution in [-0.2, 0) is 28.5 Å². The SMILES string of the molecule is C1CCOC1.CC(C)(C)OC(=O)N1CC=CCC1.CC(C)(C)OC(=O)N1CCC(OS(C)(=O)=O)CC1.[2H][B].[U]. The Morgan fingerprint density at radius 2 is 1.37 bits per heavy atom. The molecule has 2 amide bonds. The molecule has 38 heavy (non-hydrogen) atoms. The van der Waals surface area contributed by atoms with Gasteiger partial charge < -0.3 is 24.0 Å². The standard InChI is InChI=1S/C11H21NO5S.C10H17NO2.C4H8O.BH.U/c1-11(2,3)16-10(13)12-7-5-9(6-8-12)17-18(4,14)15;1-10(2,3)13-9(12)11-7-5-4-6-8-11;1-2-4-5-3-1;;/h9H,5-8H2,1-4H3;4-5H,6-8H2,1-3H3;1-4H2;1H;/i;;;1D;. The Morgan fingerprint density at radius 3 is 1.71 bits per heavy atom. The van der Waals surface area contributed by atoms with E-state index in [1.54, 1.807) is 9.80 Å². The van der Waals surface area contributed by atoms with E-state index in [1.165, 1.54) is 12.8 Å². The van der Waals surface area contributed by atoms with Gasteiger partial charge in [-0.25, -0.2) is 9.59 Å². The van der Waals surface area contributed by atoms with Crippen molar-refractivity contribution in [3.63, 3.8) is 0 Å². The average Bonchev–Trinajstić information content (AvgIpc) is 3.39. The second-order valence-electron chi connectivity index (χ2n) is 11.0. The number of nitrogens with zero attached hydrogens (tertiary/aromatic N) is 2. The number of likely N-dealkylation sites (tertiary alicyclic amines) is 1. The van der Waals surface area contributed by atoms with Gasteiger partial charge in [0.1, 0.15) is 11.2 Å². The number of piperidine rings is 1. The van der Waals surface area contributed by atoms with E-state index in [0.29, 0.717) is 32.5 Å². The van der Waals surface area contributed by atoms with Crippen molar-refractivity contribution in [2.24, 2.45) is 0 Å². The van der Waals surface area contributed by atoms with Crippen molar-refractivity contribution in [2.45, 2.75) is 91.0 Å². The number of hydrogen-bond donors (Lipinski definition) is 0. The molecule has 0 saturated carbocycles. The maximum Gasteiger partial charge on any atom is 0.410 e. The first kappa shape index (κ1) is 37.3. The molecule has 0 N–H and O–H groups in total. The van der Waals surface area contributed by atoms with E-state index < -0.39 is 21.3 Å². The van der Waals surface area contributed by atoms with Crippen molar-refractivity contribution in [3.05, 3.63) is 12.2 Å². The molecule has 10 nitrogen and oxygen atoms in total. The fourth-order valence-electron chi connectivity index (χ4n) is 3.35. The molecule has 3 heterocycles. The van der Waals surface area contributed by atoms with E-state index in [2.05, 4.69) is 14.5 Å². The van der Waals surface area contributed by atoms with Gasteiger partial charge in [-0.15, -0.1) is 0 Å². The molecule has 0 spiro atoms. The summed E-state index contributed by atoms with van der Waals surface area (Å²) < 4.78 is 47.5. The van der Waals surface area contributed by atoms with Crippen LogP contribution in [0.3, 0.4) is 0 Å². The Hall–Kier alpha value is -0.733. The van der Waals surface area contributed by atoms with Gasteiger partial charge in [0.25, 0.3) is 10.1 Å². The van der Waals surface area contributed by atoms with Crippen LogP contribution in [0, 0.1) is 31.1 Å². The fourth-order valence-corrected chi connectivity index (χ4v) is 4.04. The van der Waals surface area contributed by atoms with E-state index in [0.717, 1.165) is 32.4 Å². The zero-order valence-electron chi connectivity index (χ0n) is 25.2. The molecule has 0 atom stereocenters. The largest absolute Gasteiger partial charge is 0.444 e. The van der Waals surface area contributed by atoms with Crippen molar-refractivity contribution in [1.29, 1.82) is 1.34 Å². The molecule has 0 aromatic heterocycles. The van der Waals surface area contributed by atoms with Gasteiger partial charge in [-0.3, -0.25) is 4.18 Å². The average molecular weight is 786 g/mol. The van der Waals surface area contributed by atoms with Crippen LogP contribution in [0.1, 0.15) is 73.6 Å². The smallest absolute Gasteiger partial charge is 0.410 e. The van der Waals surface area contributed by atoms with Crippen LogP contribution >= 0.6 is 0 Å². The predicted octanol–water partition coefficient (Wildman–Crippen LogP) is 3.69. The molecule has 2 fully saturated rings. The Morgan fingerprint density at radius 1 is 0.895 bits per heavy atom. The van der Waals surface area contributed by atoms with Crippen LogP contribution in [0.2, 0.25) is 0 Å². The number of hydrogen-bond acceptors (Lipinski definition) is 8. The van der Waals surface area contributed by atoms with E-state index in [1.807, 2.05) is 47.6 Å². The third-order valence-electron chi connectivity index (χ3n) is 4.94. The van der Waals surface area contributed by atoms with E-state index in [4.69, 9.17) is 19.7 Å². The number of carbonyl (C=O) groups is 2. The van der Waals surface area contributed by atoms with Gasteiger partial charge in [0.2, 0.25) is 0 Å².